The van der Waals surface area contributed by atoms with Gasteiger partial charge in [-0.15, -0.1) is 0 Å². The highest BCUT2D eigenvalue weighted by atomic mass is 16.5. The molecule has 2 fully saturated rings. The van der Waals surface area contributed by atoms with Crippen molar-refractivity contribution in [2.24, 2.45) is 11.8 Å². The van der Waals surface area contributed by atoms with Gasteiger partial charge in [-0.2, -0.15) is 0 Å². The van der Waals surface area contributed by atoms with Crippen LogP contribution in [0.2, 0.25) is 0 Å². The van der Waals surface area contributed by atoms with Crippen molar-refractivity contribution in [1.29, 1.82) is 0 Å². The van der Waals surface area contributed by atoms with E-state index >= 15 is 0 Å². The van der Waals surface area contributed by atoms with E-state index in [-0.39, 0.29) is 11.8 Å². The summed E-state index contributed by atoms with van der Waals surface area (Å²) in [4.78, 5) is 39.2. The molecular weight excluding hydrogens is 324 g/mol. The van der Waals surface area contributed by atoms with E-state index in [1.807, 2.05) is 25.1 Å². The molecule has 2 saturated heterocycles. The molecule has 2 aliphatic heterocycles. The molecule has 25 heavy (non-hydrogen) atoms. The summed E-state index contributed by atoms with van der Waals surface area (Å²) in [6.45, 7) is 1.81. The molecule has 3 rings (SSSR count). The summed E-state index contributed by atoms with van der Waals surface area (Å²) in [6, 6.07) is 6.79. The van der Waals surface area contributed by atoms with E-state index in [1.165, 1.54) is 14.2 Å². The van der Waals surface area contributed by atoms with E-state index in [9.17, 15) is 14.4 Å². The molecule has 1 aromatic rings. The summed E-state index contributed by atoms with van der Waals surface area (Å²) in [5.74, 6) is -2.04. The second-order valence-corrected chi connectivity index (χ2v) is 6.42. The first-order chi connectivity index (χ1) is 11.9. The zero-order valence-electron chi connectivity index (χ0n) is 14.7. The number of fused-ring (bicyclic) bond motifs is 1. The van der Waals surface area contributed by atoms with E-state index in [4.69, 9.17) is 9.47 Å². The van der Waals surface area contributed by atoms with Gasteiger partial charge in [-0.25, -0.2) is 0 Å². The molecule has 0 bridgehead atoms. The number of carbonyl (C=O) groups excluding carboxylic acids is 3. The molecular formula is C18H22N2O5. The van der Waals surface area contributed by atoms with Gasteiger partial charge in [0.05, 0.1) is 26.1 Å². The number of likely N-dealkylation sites (tertiary alicyclic amines) is 1. The van der Waals surface area contributed by atoms with Crippen molar-refractivity contribution in [3.8, 4) is 5.75 Å². The quantitative estimate of drug-likeness (QED) is 0.644. The van der Waals surface area contributed by atoms with Gasteiger partial charge in [0.25, 0.3) is 0 Å². The van der Waals surface area contributed by atoms with Crippen LogP contribution in [0.4, 0.5) is 0 Å². The Morgan fingerprint density at radius 3 is 2.52 bits per heavy atom. The third-order valence-electron chi connectivity index (χ3n) is 5.46. The first-order valence-electron chi connectivity index (χ1n) is 8.23. The predicted molar refractivity (Wildman–Crippen MR) is 88.7 cm³/mol. The lowest BCUT2D eigenvalue weighted by molar-refractivity contribution is -0.154. The SMILES string of the molecule is CC[C@]1(C(=O)OC)N[C@H](c2ccccc2OC)[C@@H]2C(=O)N(C)C(=O)[C@H]21. The van der Waals surface area contributed by atoms with Crippen LogP contribution in [0.3, 0.4) is 0 Å². The van der Waals surface area contributed by atoms with Gasteiger partial charge in [0.15, 0.2) is 0 Å². The lowest BCUT2D eigenvalue weighted by Crippen LogP contribution is -2.55. The average molecular weight is 346 g/mol. The molecule has 4 atom stereocenters. The molecule has 1 N–H and O–H groups in total. The number of methoxy groups -OCH3 is 2. The minimum absolute atomic E-state index is 0.294. The first kappa shape index (κ1) is 17.4. The van der Waals surface area contributed by atoms with Gasteiger partial charge in [0, 0.05) is 18.7 Å². The Balaban J connectivity index is 2.17. The zero-order valence-corrected chi connectivity index (χ0v) is 14.7. The summed E-state index contributed by atoms with van der Waals surface area (Å²) in [6.07, 6.45) is 0.333. The average Bonchev–Trinajstić information content (AvgIpc) is 3.11. The Bertz CT molecular complexity index is 734. The molecule has 0 aromatic heterocycles. The number of carbonyl (C=O) groups is 3. The minimum atomic E-state index is -1.23. The van der Waals surface area contributed by atoms with Crippen molar-refractivity contribution in [2.75, 3.05) is 21.3 Å². The highest BCUT2D eigenvalue weighted by molar-refractivity contribution is 6.09. The van der Waals surface area contributed by atoms with Gasteiger partial charge in [-0.3, -0.25) is 24.6 Å². The maximum atomic E-state index is 12.8. The maximum Gasteiger partial charge on any atom is 0.326 e. The Kier molecular flexibility index (Phi) is 4.28. The number of para-hydroxylation sites is 1. The van der Waals surface area contributed by atoms with Gasteiger partial charge in [-0.1, -0.05) is 25.1 Å². The van der Waals surface area contributed by atoms with E-state index in [2.05, 4.69) is 5.32 Å². The Morgan fingerprint density at radius 1 is 1.24 bits per heavy atom. The lowest BCUT2D eigenvalue weighted by atomic mass is 9.78. The molecule has 0 saturated carbocycles. The van der Waals surface area contributed by atoms with Crippen molar-refractivity contribution in [3.05, 3.63) is 29.8 Å². The smallest absolute Gasteiger partial charge is 0.326 e. The summed E-state index contributed by atoms with van der Waals surface area (Å²) < 4.78 is 10.4. The number of nitrogens with one attached hydrogen (secondary N) is 1. The molecule has 0 unspecified atom stereocenters. The second-order valence-electron chi connectivity index (χ2n) is 6.42. The standard InChI is InChI=1S/C18H22N2O5/c1-5-18(17(23)25-4)13-12(15(21)20(2)16(13)22)14(19-18)10-8-6-7-9-11(10)24-3/h6-9,12-14,19H,5H2,1-4H3/t12-,13+,14-,18+/m1/s1. The third kappa shape index (κ3) is 2.26. The first-order valence-corrected chi connectivity index (χ1v) is 8.23. The molecule has 134 valence electrons. The molecule has 0 spiro atoms. The highest BCUT2D eigenvalue weighted by Gasteiger charge is 2.67. The number of esters is 1. The molecule has 7 heteroatoms. The van der Waals surface area contributed by atoms with Gasteiger partial charge in [0.1, 0.15) is 11.3 Å². The highest BCUT2D eigenvalue weighted by Crippen LogP contribution is 2.51. The molecule has 2 amide bonds. The summed E-state index contributed by atoms with van der Waals surface area (Å²) in [5, 5.41) is 3.26. The van der Waals surface area contributed by atoms with Crippen LogP contribution in [0.15, 0.2) is 24.3 Å². The van der Waals surface area contributed by atoms with E-state index < -0.39 is 29.4 Å². The fraction of sp³-hybridized carbons (Fsp3) is 0.500. The van der Waals surface area contributed by atoms with Crippen LogP contribution < -0.4 is 10.1 Å². The Morgan fingerprint density at radius 2 is 1.92 bits per heavy atom. The molecule has 1 aromatic carbocycles. The van der Waals surface area contributed by atoms with Crippen molar-refractivity contribution < 1.29 is 23.9 Å². The van der Waals surface area contributed by atoms with Crippen LogP contribution in [-0.2, 0) is 19.1 Å². The van der Waals surface area contributed by atoms with Crippen LogP contribution in [0.1, 0.15) is 24.9 Å². The molecule has 2 aliphatic rings. The predicted octanol–water partition coefficient (Wildman–Crippen LogP) is 0.892. The summed E-state index contributed by atoms with van der Waals surface area (Å²) in [5.41, 5.74) is -0.488. The normalized spacial score (nSPS) is 31.2. The number of hydrogen-bond donors (Lipinski definition) is 1. The van der Waals surface area contributed by atoms with Crippen LogP contribution in [0.5, 0.6) is 5.75 Å². The molecule has 2 heterocycles. The largest absolute Gasteiger partial charge is 0.496 e. The van der Waals surface area contributed by atoms with Crippen molar-refractivity contribution in [3.63, 3.8) is 0 Å². The van der Waals surface area contributed by atoms with Crippen molar-refractivity contribution in [2.45, 2.75) is 24.9 Å². The van der Waals surface area contributed by atoms with Crippen molar-refractivity contribution in [1.82, 2.24) is 10.2 Å². The zero-order chi connectivity index (χ0) is 18.4. The fourth-order valence-corrected chi connectivity index (χ4v) is 4.18. The second kappa shape index (κ2) is 6.15. The Labute approximate surface area is 146 Å². The third-order valence-corrected chi connectivity index (χ3v) is 5.46. The van der Waals surface area contributed by atoms with Gasteiger partial charge >= 0.3 is 5.97 Å². The van der Waals surface area contributed by atoms with Gasteiger partial charge in [-0.05, 0) is 12.5 Å². The topological polar surface area (TPSA) is 84.9 Å². The van der Waals surface area contributed by atoms with Gasteiger partial charge in [0.2, 0.25) is 11.8 Å². The van der Waals surface area contributed by atoms with Gasteiger partial charge < -0.3 is 9.47 Å². The fourth-order valence-electron chi connectivity index (χ4n) is 4.18. The number of rotatable bonds is 4. The maximum absolute atomic E-state index is 12.8. The number of nitrogens with zero attached hydrogens (tertiary/aromatic N) is 1. The van der Waals surface area contributed by atoms with E-state index in [0.717, 1.165) is 10.5 Å². The Hall–Kier alpha value is -2.41. The molecule has 0 radical (unpaired) electrons. The number of amides is 2. The van der Waals surface area contributed by atoms with E-state index in [1.54, 1.807) is 13.2 Å². The number of hydrogen-bond acceptors (Lipinski definition) is 6. The molecule has 0 aliphatic carbocycles. The molecule has 7 nitrogen and oxygen atoms in total. The van der Waals surface area contributed by atoms with Crippen LogP contribution in [-0.4, -0.2) is 49.5 Å². The van der Waals surface area contributed by atoms with Crippen molar-refractivity contribution >= 4 is 17.8 Å². The number of benzene rings is 1. The van der Waals surface area contributed by atoms with Crippen LogP contribution in [0.25, 0.3) is 0 Å². The van der Waals surface area contributed by atoms with E-state index in [0.29, 0.717) is 12.2 Å². The number of imide groups is 1. The summed E-state index contributed by atoms with van der Waals surface area (Å²) in [7, 11) is 4.30. The lowest BCUT2D eigenvalue weighted by Gasteiger charge is -2.31. The van der Waals surface area contributed by atoms with Crippen LogP contribution in [0, 0.1) is 11.8 Å². The monoisotopic (exact) mass is 346 g/mol. The minimum Gasteiger partial charge on any atom is -0.496 e. The summed E-state index contributed by atoms with van der Waals surface area (Å²) >= 11 is 0. The number of ether oxygens (including phenoxy) is 2. The van der Waals surface area contributed by atoms with Crippen LogP contribution >= 0.6 is 0 Å².